The Morgan fingerprint density at radius 3 is 2.62 bits per heavy atom. The highest BCUT2D eigenvalue weighted by Gasteiger charge is 2.35. The molecule has 2 amide bonds. The van der Waals surface area contributed by atoms with Crippen LogP contribution >= 0.6 is 0 Å². The van der Waals surface area contributed by atoms with Crippen LogP contribution in [0.25, 0.3) is 0 Å². The Morgan fingerprint density at radius 2 is 2.00 bits per heavy atom. The van der Waals surface area contributed by atoms with Crippen molar-refractivity contribution in [3.05, 3.63) is 30.1 Å². The Kier molecular flexibility index (Phi) is 4.60. The number of hydrogen-bond acceptors (Lipinski definition) is 2. The molecule has 1 unspecified atom stereocenters. The Hall–Kier alpha value is -1.91. The molecule has 2 rings (SSSR count). The molecule has 1 saturated heterocycles. The van der Waals surface area contributed by atoms with Gasteiger partial charge in [-0.05, 0) is 25.0 Å². The van der Waals surface area contributed by atoms with E-state index in [1.807, 2.05) is 13.8 Å². The average Bonchev–Trinajstić information content (AvgIpc) is 2.42. The van der Waals surface area contributed by atoms with Crippen molar-refractivity contribution in [2.24, 2.45) is 5.92 Å². The fraction of sp³-hybridized carbons (Fsp3) is 0.500. The zero-order valence-corrected chi connectivity index (χ0v) is 12.7. The molecule has 0 aliphatic carbocycles. The van der Waals surface area contributed by atoms with Crippen LogP contribution in [0.4, 0.5) is 10.1 Å². The summed E-state index contributed by atoms with van der Waals surface area (Å²) in [5.74, 6) is -0.410. The normalized spacial score (nSPS) is 19.3. The lowest BCUT2D eigenvalue weighted by Crippen LogP contribution is -2.58. The van der Waals surface area contributed by atoms with Crippen molar-refractivity contribution in [3.63, 3.8) is 0 Å². The quantitative estimate of drug-likeness (QED) is 0.858. The molecule has 1 atom stereocenters. The number of rotatable bonds is 3. The van der Waals surface area contributed by atoms with Crippen LogP contribution in [0.1, 0.15) is 27.2 Å². The maximum Gasteiger partial charge on any atom is 0.249 e. The van der Waals surface area contributed by atoms with E-state index in [4.69, 9.17) is 0 Å². The highest BCUT2D eigenvalue weighted by Crippen LogP contribution is 2.24. The zero-order chi connectivity index (χ0) is 15.6. The van der Waals surface area contributed by atoms with Gasteiger partial charge in [0.15, 0.2) is 0 Å². The molecule has 0 saturated carbocycles. The van der Waals surface area contributed by atoms with E-state index in [0.29, 0.717) is 19.5 Å². The Labute approximate surface area is 124 Å². The number of piperazine rings is 1. The van der Waals surface area contributed by atoms with Gasteiger partial charge in [-0.1, -0.05) is 26.0 Å². The van der Waals surface area contributed by atoms with Gasteiger partial charge in [0.25, 0.3) is 0 Å². The van der Waals surface area contributed by atoms with Crippen molar-refractivity contribution in [1.29, 1.82) is 0 Å². The first-order valence-electron chi connectivity index (χ1n) is 7.27. The zero-order valence-electron chi connectivity index (χ0n) is 12.7. The number of anilines is 1. The van der Waals surface area contributed by atoms with E-state index >= 15 is 0 Å². The van der Waals surface area contributed by atoms with Crippen molar-refractivity contribution in [1.82, 2.24) is 4.90 Å². The summed E-state index contributed by atoms with van der Waals surface area (Å²) in [5, 5.41) is 0. The van der Waals surface area contributed by atoms with E-state index in [0.717, 1.165) is 0 Å². The Balaban J connectivity index is 2.15. The molecule has 4 nitrogen and oxygen atoms in total. The summed E-state index contributed by atoms with van der Waals surface area (Å²) >= 11 is 0. The topological polar surface area (TPSA) is 40.6 Å². The number of halogens is 1. The minimum absolute atomic E-state index is 0.0148. The minimum atomic E-state index is -0.551. The van der Waals surface area contributed by atoms with E-state index in [1.165, 1.54) is 11.0 Å². The third kappa shape index (κ3) is 3.23. The van der Waals surface area contributed by atoms with Gasteiger partial charge in [0.1, 0.15) is 11.9 Å². The maximum atomic E-state index is 13.8. The second-order valence-corrected chi connectivity index (χ2v) is 5.80. The number of benzene rings is 1. The van der Waals surface area contributed by atoms with Gasteiger partial charge < -0.3 is 9.80 Å². The largest absolute Gasteiger partial charge is 0.329 e. The molecule has 0 N–H and O–H groups in total. The van der Waals surface area contributed by atoms with E-state index in [2.05, 4.69) is 0 Å². The first kappa shape index (κ1) is 15.5. The van der Waals surface area contributed by atoms with Crippen molar-refractivity contribution >= 4 is 17.5 Å². The Morgan fingerprint density at radius 1 is 1.33 bits per heavy atom. The molecule has 0 spiro atoms. The lowest BCUT2D eigenvalue weighted by atomic mass is 10.1. The van der Waals surface area contributed by atoms with Gasteiger partial charge in [-0.2, -0.15) is 0 Å². The second kappa shape index (κ2) is 6.24. The van der Waals surface area contributed by atoms with Crippen molar-refractivity contribution in [2.45, 2.75) is 33.2 Å². The molecular weight excluding hydrogens is 271 g/mol. The molecule has 0 bridgehead atoms. The van der Waals surface area contributed by atoms with Gasteiger partial charge in [0, 0.05) is 19.5 Å². The molecular formula is C16H21FN2O2. The molecule has 1 aliphatic heterocycles. The number of para-hydroxylation sites is 1. The van der Waals surface area contributed by atoms with Crippen molar-refractivity contribution in [3.8, 4) is 0 Å². The lowest BCUT2D eigenvalue weighted by molar-refractivity contribution is -0.141. The number of carbonyl (C=O) groups excluding carboxylic acids is 2. The van der Waals surface area contributed by atoms with Crippen LogP contribution in [0.5, 0.6) is 0 Å². The van der Waals surface area contributed by atoms with Crippen molar-refractivity contribution in [2.75, 3.05) is 18.0 Å². The summed E-state index contributed by atoms with van der Waals surface area (Å²) in [6.07, 6.45) is 0.428. The van der Waals surface area contributed by atoms with Gasteiger partial charge >= 0.3 is 0 Å². The van der Waals surface area contributed by atoms with E-state index in [-0.39, 0.29) is 23.4 Å². The predicted molar refractivity (Wildman–Crippen MR) is 79.4 cm³/mol. The van der Waals surface area contributed by atoms with Crippen LogP contribution < -0.4 is 4.90 Å². The molecule has 5 heteroatoms. The molecule has 1 aromatic carbocycles. The molecule has 1 aromatic rings. The fourth-order valence-corrected chi connectivity index (χ4v) is 2.59. The third-order valence-electron chi connectivity index (χ3n) is 3.70. The molecule has 114 valence electrons. The number of hydrogen-bond donors (Lipinski definition) is 0. The van der Waals surface area contributed by atoms with E-state index in [1.54, 1.807) is 30.0 Å². The van der Waals surface area contributed by atoms with Gasteiger partial charge in [-0.3, -0.25) is 9.59 Å². The number of carbonyl (C=O) groups is 2. The summed E-state index contributed by atoms with van der Waals surface area (Å²) in [5.41, 5.74) is 0.283. The third-order valence-corrected chi connectivity index (χ3v) is 3.70. The smallest absolute Gasteiger partial charge is 0.249 e. The molecule has 1 heterocycles. The van der Waals surface area contributed by atoms with Crippen LogP contribution in [0.2, 0.25) is 0 Å². The molecule has 1 fully saturated rings. The lowest BCUT2D eigenvalue weighted by Gasteiger charge is -2.39. The fourth-order valence-electron chi connectivity index (χ4n) is 2.59. The van der Waals surface area contributed by atoms with Gasteiger partial charge in [0.05, 0.1) is 5.69 Å². The Bertz CT molecular complexity index is 545. The number of nitrogens with zero attached hydrogens (tertiary/aromatic N) is 2. The average molecular weight is 292 g/mol. The summed E-state index contributed by atoms with van der Waals surface area (Å²) in [4.78, 5) is 27.6. The van der Waals surface area contributed by atoms with Gasteiger partial charge in [0.2, 0.25) is 11.8 Å². The second-order valence-electron chi connectivity index (χ2n) is 5.80. The van der Waals surface area contributed by atoms with Crippen LogP contribution in [-0.4, -0.2) is 35.8 Å². The summed E-state index contributed by atoms with van der Waals surface area (Å²) in [6, 6.07) is 5.67. The first-order valence-corrected chi connectivity index (χ1v) is 7.27. The van der Waals surface area contributed by atoms with Crippen LogP contribution in [0, 0.1) is 11.7 Å². The molecule has 1 aliphatic rings. The summed E-state index contributed by atoms with van der Waals surface area (Å²) in [6.45, 7) is 6.41. The molecule has 0 radical (unpaired) electrons. The molecule has 0 aromatic heterocycles. The van der Waals surface area contributed by atoms with Crippen LogP contribution in [-0.2, 0) is 9.59 Å². The minimum Gasteiger partial charge on any atom is -0.329 e. The highest BCUT2D eigenvalue weighted by atomic mass is 19.1. The maximum absolute atomic E-state index is 13.8. The number of amides is 2. The van der Waals surface area contributed by atoms with Gasteiger partial charge in [-0.15, -0.1) is 0 Å². The van der Waals surface area contributed by atoms with Crippen molar-refractivity contribution < 1.29 is 14.0 Å². The predicted octanol–water partition coefficient (Wildman–Crippen LogP) is 2.44. The first-order chi connectivity index (χ1) is 9.91. The van der Waals surface area contributed by atoms with E-state index in [9.17, 15) is 14.0 Å². The summed E-state index contributed by atoms with van der Waals surface area (Å²) in [7, 11) is 0. The van der Waals surface area contributed by atoms with E-state index < -0.39 is 11.9 Å². The summed E-state index contributed by atoms with van der Waals surface area (Å²) < 4.78 is 13.8. The van der Waals surface area contributed by atoms with Gasteiger partial charge in [-0.25, -0.2) is 4.39 Å². The highest BCUT2D eigenvalue weighted by molar-refractivity contribution is 6.00. The monoisotopic (exact) mass is 292 g/mol. The standard InChI is InChI=1S/C16H21FN2O2/c1-11(2)10-15(20)18-8-9-19(16(21)12(18)3)14-7-5-4-6-13(14)17/h4-7,11-12H,8-10H2,1-3H3. The van der Waals surface area contributed by atoms with Crippen LogP contribution in [0.15, 0.2) is 24.3 Å². The molecule has 21 heavy (non-hydrogen) atoms. The SMILES string of the molecule is CC(C)CC(=O)N1CCN(c2ccccc2F)C(=O)C1C. The van der Waals surface area contributed by atoms with Crippen LogP contribution in [0.3, 0.4) is 0 Å².